The van der Waals surface area contributed by atoms with Crippen molar-refractivity contribution in [2.75, 3.05) is 25.3 Å². The van der Waals surface area contributed by atoms with E-state index in [2.05, 4.69) is 25.3 Å². The van der Waals surface area contributed by atoms with Crippen LogP contribution in [-0.2, 0) is 4.74 Å². The van der Waals surface area contributed by atoms with Crippen molar-refractivity contribution in [3.05, 3.63) is 53.9 Å². The Morgan fingerprint density at radius 3 is 2.63 bits per heavy atom. The summed E-state index contributed by atoms with van der Waals surface area (Å²) in [5, 5.41) is 3.25. The molecule has 4 aromatic rings. The van der Waals surface area contributed by atoms with Gasteiger partial charge in [0.05, 0.1) is 30.8 Å². The van der Waals surface area contributed by atoms with E-state index in [4.69, 9.17) is 15.2 Å². The van der Waals surface area contributed by atoms with Crippen LogP contribution >= 0.6 is 0 Å². The summed E-state index contributed by atoms with van der Waals surface area (Å²) in [6, 6.07) is 12.4. The number of hydrogen-bond donors (Lipinski definition) is 2. The summed E-state index contributed by atoms with van der Waals surface area (Å²) in [7, 11) is 2.93. The van der Waals surface area contributed by atoms with E-state index in [-0.39, 0.29) is 11.9 Å². The average molecular weight is 405 g/mol. The number of methoxy groups -OCH3 is 2. The zero-order chi connectivity index (χ0) is 21.3. The van der Waals surface area contributed by atoms with Gasteiger partial charge in [-0.2, -0.15) is 15.0 Å². The Bertz CT molecular complexity index is 1230. The highest BCUT2D eigenvalue weighted by Gasteiger charge is 2.18. The van der Waals surface area contributed by atoms with Crippen LogP contribution in [0.4, 0.5) is 17.6 Å². The Morgan fingerprint density at radius 2 is 1.90 bits per heavy atom. The van der Waals surface area contributed by atoms with E-state index in [1.54, 1.807) is 36.8 Å². The van der Waals surface area contributed by atoms with Gasteiger partial charge in [-0.15, -0.1) is 0 Å². The number of rotatable bonds is 5. The number of carbonyl (C=O) groups excluding carboxylic acids is 1. The highest BCUT2D eigenvalue weighted by Crippen LogP contribution is 2.28. The van der Waals surface area contributed by atoms with Crippen molar-refractivity contribution in [1.82, 2.24) is 24.5 Å². The summed E-state index contributed by atoms with van der Waals surface area (Å²) in [6.07, 6.45) is 0. The van der Waals surface area contributed by atoms with Gasteiger partial charge in [-0.05, 0) is 37.3 Å². The molecule has 3 N–H and O–H groups in total. The fourth-order valence-electron chi connectivity index (χ4n) is 3.02. The number of imidazole rings is 1. The third kappa shape index (κ3) is 3.58. The molecule has 10 heteroatoms. The fraction of sp³-hybridized carbons (Fsp3) is 0.150. The Kier molecular flexibility index (Phi) is 4.88. The van der Waals surface area contributed by atoms with Gasteiger partial charge in [0.15, 0.2) is 0 Å². The molecule has 10 nitrogen and oxygen atoms in total. The van der Waals surface area contributed by atoms with Gasteiger partial charge in [0.2, 0.25) is 17.8 Å². The van der Waals surface area contributed by atoms with Gasteiger partial charge in [-0.25, -0.2) is 14.3 Å². The lowest BCUT2D eigenvalue weighted by Gasteiger charge is -2.11. The molecule has 0 fully saturated rings. The zero-order valence-electron chi connectivity index (χ0n) is 16.6. The molecule has 2 aromatic carbocycles. The van der Waals surface area contributed by atoms with Crippen molar-refractivity contribution in [3.8, 4) is 11.7 Å². The first kappa shape index (κ1) is 19.1. The Labute approximate surface area is 171 Å². The molecular formula is C20H19N7O3. The van der Waals surface area contributed by atoms with Gasteiger partial charge in [0.1, 0.15) is 11.6 Å². The zero-order valence-corrected chi connectivity index (χ0v) is 16.6. The number of aryl methyl sites for hydroxylation is 1. The van der Waals surface area contributed by atoms with Gasteiger partial charge in [0.25, 0.3) is 0 Å². The number of esters is 1. The third-order valence-electron chi connectivity index (χ3n) is 4.35. The molecule has 0 atom stereocenters. The number of aromatic nitrogens is 5. The maximum Gasteiger partial charge on any atom is 0.337 e. The first-order valence-electron chi connectivity index (χ1n) is 8.99. The number of anilines is 3. The number of hydrogen-bond acceptors (Lipinski definition) is 9. The lowest BCUT2D eigenvalue weighted by molar-refractivity contribution is 0.0601. The molecule has 0 aliphatic carbocycles. The van der Waals surface area contributed by atoms with Crippen LogP contribution in [0.2, 0.25) is 0 Å². The Hall–Kier alpha value is -4.21. The van der Waals surface area contributed by atoms with Crippen LogP contribution in [0.25, 0.3) is 17.0 Å². The lowest BCUT2D eigenvalue weighted by Crippen LogP contribution is -2.10. The number of nitrogens with zero attached hydrogens (tertiary/aromatic N) is 5. The minimum atomic E-state index is -0.460. The second-order valence-electron chi connectivity index (χ2n) is 6.36. The van der Waals surface area contributed by atoms with Gasteiger partial charge in [0, 0.05) is 11.8 Å². The summed E-state index contributed by atoms with van der Waals surface area (Å²) in [4.78, 5) is 29.4. The molecule has 0 saturated carbocycles. The van der Waals surface area contributed by atoms with Crippen LogP contribution in [0.3, 0.4) is 0 Å². The van der Waals surface area contributed by atoms with E-state index in [0.29, 0.717) is 34.1 Å². The molecule has 2 heterocycles. The van der Waals surface area contributed by atoms with Crippen molar-refractivity contribution >= 4 is 34.6 Å². The number of nitrogen functional groups attached to an aromatic ring is 1. The summed E-state index contributed by atoms with van der Waals surface area (Å²) in [6.45, 7) is 1.72. The maximum absolute atomic E-state index is 12.0. The average Bonchev–Trinajstić information content (AvgIpc) is 3.09. The minimum Gasteiger partial charge on any atom is -0.497 e. The Morgan fingerprint density at radius 1 is 1.07 bits per heavy atom. The molecule has 0 aliphatic rings. The van der Waals surface area contributed by atoms with Crippen LogP contribution in [0.1, 0.15) is 16.2 Å². The van der Waals surface area contributed by atoms with Crippen molar-refractivity contribution in [2.24, 2.45) is 0 Å². The predicted octanol–water partition coefficient (Wildman–Crippen LogP) is 2.64. The molecule has 152 valence electrons. The number of fused-ring (bicyclic) bond motifs is 1. The summed E-state index contributed by atoms with van der Waals surface area (Å²) < 4.78 is 11.8. The van der Waals surface area contributed by atoms with Gasteiger partial charge in [-0.1, -0.05) is 6.07 Å². The van der Waals surface area contributed by atoms with Crippen LogP contribution in [0.15, 0.2) is 42.5 Å². The first-order valence-corrected chi connectivity index (χ1v) is 8.99. The quantitative estimate of drug-likeness (QED) is 0.481. The van der Waals surface area contributed by atoms with E-state index < -0.39 is 5.97 Å². The van der Waals surface area contributed by atoms with Gasteiger partial charge >= 0.3 is 5.97 Å². The van der Waals surface area contributed by atoms with E-state index >= 15 is 0 Å². The van der Waals surface area contributed by atoms with Crippen molar-refractivity contribution in [3.63, 3.8) is 0 Å². The SMILES string of the molecule is COC(=O)c1ccc2nc(Nc3cccc(OC)c3)n(-c3nc(C)nc(N)n3)c2c1. The summed E-state index contributed by atoms with van der Waals surface area (Å²) in [5.74, 6) is 1.47. The molecule has 0 aliphatic heterocycles. The van der Waals surface area contributed by atoms with Crippen molar-refractivity contribution in [1.29, 1.82) is 0 Å². The summed E-state index contributed by atoms with van der Waals surface area (Å²) in [5.41, 5.74) is 8.20. The molecule has 0 spiro atoms. The molecular weight excluding hydrogens is 386 g/mol. The number of ether oxygens (including phenoxy) is 2. The largest absolute Gasteiger partial charge is 0.497 e. The molecule has 0 amide bonds. The Balaban J connectivity index is 1.93. The molecule has 0 radical (unpaired) electrons. The fourth-order valence-corrected chi connectivity index (χ4v) is 3.02. The van der Waals surface area contributed by atoms with E-state index in [1.165, 1.54) is 7.11 Å². The number of benzene rings is 2. The van der Waals surface area contributed by atoms with Crippen molar-refractivity contribution in [2.45, 2.75) is 6.92 Å². The maximum atomic E-state index is 12.0. The topological polar surface area (TPSA) is 130 Å². The summed E-state index contributed by atoms with van der Waals surface area (Å²) >= 11 is 0. The molecule has 0 saturated heterocycles. The first-order chi connectivity index (χ1) is 14.5. The van der Waals surface area contributed by atoms with Gasteiger partial charge < -0.3 is 20.5 Å². The number of nitrogens with one attached hydrogen (secondary N) is 1. The van der Waals surface area contributed by atoms with Crippen LogP contribution in [-0.4, -0.2) is 44.7 Å². The second kappa shape index (κ2) is 7.66. The number of nitrogens with two attached hydrogens (primary N) is 1. The van der Waals surface area contributed by atoms with Crippen LogP contribution in [0.5, 0.6) is 5.75 Å². The van der Waals surface area contributed by atoms with Crippen LogP contribution in [0, 0.1) is 6.92 Å². The molecule has 4 rings (SSSR count). The van der Waals surface area contributed by atoms with E-state index in [9.17, 15) is 4.79 Å². The van der Waals surface area contributed by atoms with E-state index in [1.807, 2.05) is 24.3 Å². The number of carbonyl (C=O) groups is 1. The molecule has 0 bridgehead atoms. The molecule has 0 unspecified atom stereocenters. The predicted molar refractivity (Wildman–Crippen MR) is 111 cm³/mol. The molecule has 2 aromatic heterocycles. The normalized spacial score (nSPS) is 10.8. The second-order valence-corrected chi connectivity index (χ2v) is 6.36. The highest BCUT2D eigenvalue weighted by molar-refractivity contribution is 5.94. The standard InChI is InChI=1S/C20H19N7O3/c1-11-22-18(21)26-19(23-11)27-16-9-12(17(28)30-3)7-8-15(16)25-20(27)24-13-5-4-6-14(10-13)29-2/h4-10H,1-3H3,(H,24,25)(H2,21,22,23,26). The van der Waals surface area contributed by atoms with Gasteiger partial charge in [-0.3, -0.25) is 0 Å². The lowest BCUT2D eigenvalue weighted by atomic mass is 10.2. The van der Waals surface area contributed by atoms with E-state index in [0.717, 1.165) is 5.69 Å². The minimum absolute atomic E-state index is 0.0794. The smallest absolute Gasteiger partial charge is 0.337 e. The highest BCUT2D eigenvalue weighted by atomic mass is 16.5. The monoisotopic (exact) mass is 405 g/mol. The van der Waals surface area contributed by atoms with Crippen molar-refractivity contribution < 1.29 is 14.3 Å². The molecule has 30 heavy (non-hydrogen) atoms. The van der Waals surface area contributed by atoms with Crippen LogP contribution < -0.4 is 15.8 Å². The third-order valence-corrected chi connectivity index (χ3v) is 4.35.